The molecule has 1 aromatic rings. The lowest BCUT2D eigenvalue weighted by molar-refractivity contribution is 0.711. The van der Waals surface area contributed by atoms with E-state index in [1.54, 1.807) is 22.3 Å². The minimum atomic E-state index is 1.16. The molecule has 0 heterocycles. The quantitative estimate of drug-likeness (QED) is 0.636. The molecule has 2 aliphatic carbocycles. The molecule has 0 saturated heterocycles. The van der Waals surface area contributed by atoms with E-state index >= 15 is 0 Å². The third-order valence-electron chi connectivity index (χ3n) is 3.89. The molecular formula is C15H18. The normalized spacial score (nSPS) is 19.0. The van der Waals surface area contributed by atoms with Gasteiger partial charge in [0.25, 0.3) is 0 Å². The summed E-state index contributed by atoms with van der Waals surface area (Å²) < 4.78 is 0. The average Bonchev–Trinajstić information content (AvgIpc) is 2.66. The van der Waals surface area contributed by atoms with E-state index in [1.165, 1.54) is 37.7 Å². The fourth-order valence-electron chi connectivity index (χ4n) is 3.00. The fourth-order valence-corrected chi connectivity index (χ4v) is 3.00. The molecule has 78 valence electrons. The molecule has 0 unspecified atom stereocenters. The molecule has 0 atom stereocenters. The fraction of sp³-hybridized carbons (Fsp3) is 0.467. The van der Waals surface area contributed by atoms with Crippen LogP contribution in [-0.2, 0) is 12.8 Å². The number of allylic oxidation sites excluding steroid dienone is 2. The summed E-state index contributed by atoms with van der Waals surface area (Å²) in [6.07, 6.45) is 7.90. The molecule has 0 amide bonds. The first-order chi connectivity index (χ1) is 7.38. The van der Waals surface area contributed by atoms with Gasteiger partial charge in [0.05, 0.1) is 0 Å². The van der Waals surface area contributed by atoms with Crippen LogP contribution in [0.5, 0.6) is 0 Å². The molecule has 0 nitrogen and oxygen atoms in total. The van der Waals surface area contributed by atoms with Crippen LogP contribution >= 0.6 is 0 Å². The van der Waals surface area contributed by atoms with E-state index in [-0.39, 0.29) is 0 Å². The molecule has 0 spiro atoms. The van der Waals surface area contributed by atoms with E-state index < -0.39 is 0 Å². The molecule has 0 aliphatic heterocycles. The summed E-state index contributed by atoms with van der Waals surface area (Å²) in [4.78, 5) is 0. The van der Waals surface area contributed by atoms with Crippen molar-refractivity contribution < 1.29 is 0 Å². The van der Waals surface area contributed by atoms with Gasteiger partial charge in [-0.3, -0.25) is 0 Å². The second-order valence-electron chi connectivity index (χ2n) is 4.81. The second-order valence-corrected chi connectivity index (χ2v) is 4.81. The van der Waals surface area contributed by atoms with Crippen LogP contribution in [-0.4, -0.2) is 0 Å². The number of hydrogen-bond donors (Lipinski definition) is 0. The topological polar surface area (TPSA) is 0 Å². The zero-order valence-corrected chi connectivity index (χ0v) is 9.47. The molecule has 0 heteroatoms. The molecule has 3 rings (SSSR count). The van der Waals surface area contributed by atoms with Crippen LogP contribution in [0, 0.1) is 0 Å². The van der Waals surface area contributed by atoms with Gasteiger partial charge in [-0.1, -0.05) is 30.7 Å². The van der Waals surface area contributed by atoms with Crippen molar-refractivity contribution in [2.75, 3.05) is 0 Å². The Kier molecular flexibility index (Phi) is 2.16. The van der Waals surface area contributed by atoms with E-state index in [1.807, 2.05) is 0 Å². The Morgan fingerprint density at radius 2 is 2.00 bits per heavy atom. The highest BCUT2D eigenvalue weighted by atomic mass is 14.3. The summed E-state index contributed by atoms with van der Waals surface area (Å²) >= 11 is 0. The van der Waals surface area contributed by atoms with E-state index in [0.717, 1.165) is 6.42 Å². The summed E-state index contributed by atoms with van der Waals surface area (Å²) in [7, 11) is 0. The summed E-state index contributed by atoms with van der Waals surface area (Å²) in [6.45, 7) is 2.24. The van der Waals surface area contributed by atoms with Crippen molar-refractivity contribution in [3.63, 3.8) is 0 Å². The molecule has 0 fully saturated rings. The van der Waals surface area contributed by atoms with Crippen LogP contribution in [0.2, 0.25) is 0 Å². The second kappa shape index (κ2) is 3.52. The van der Waals surface area contributed by atoms with Gasteiger partial charge < -0.3 is 0 Å². The van der Waals surface area contributed by atoms with Gasteiger partial charge in [-0.15, -0.1) is 0 Å². The first-order valence-corrected chi connectivity index (χ1v) is 6.21. The molecule has 0 saturated carbocycles. The van der Waals surface area contributed by atoms with Crippen LogP contribution in [0.3, 0.4) is 0 Å². The number of fused-ring (bicyclic) bond motifs is 2. The van der Waals surface area contributed by atoms with Crippen LogP contribution in [0.1, 0.15) is 49.3 Å². The predicted octanol–water partition coefficient (Wildman–Crippen LogP) is 4.13. The molecule has 0 aromatic heterocycles. The predicted molar refractivity (Wildman–Crippen MR) is 64.9 cm³/mol. The van der Waals surface area contributed by atoms with Crippen LogP contribution < -0.4 is 0 Å². The minimum Gasteiger partial charge on any atom is -0.0620 e. The Bertz CT molecular complexity index is 424. The number of rotatable bonds is 1. The Hall–Kier alpha value is -1.04. The lowest BCUT2D eigenvalue weighted by atomic mass is 9.91. The standard InChI is InChI=1S/C15H18/c1-2-11-7-8-13-10-12-5-3-4-6-14(12)15(13)9-11/h7-9H,2-6,10H2,1H3. The zero-order chi connectivity index (χ0) is 10.3. The Morgan fingerprint density at radius 3 is 2.87 bits per heavy atom. The summed E-state index contributed by atoms with van der Waals surface area (Å²) in [6, 6.07) is 7.09. The van der Waals surface area contributed by atoms with Crippen LogP contribution in [0.25, 0.3) is 5.57 Å². The maximum Gasteiger partial charge on any atom is -0.00550 e. The summed E-state index contributed by atoms with van der Waals surface area (Å²) in [5.74, 6) is 0. The number of aryl methyl sites for hydroxylation is 1. The first kappa shape index (κ1) is 9.21. The van der Waals surface area contributed by atoms with E-state index in [0.29, 0.717) is 0 Å². The van der Waals surface area contributed by atoms with Crippen LogP contribution in [0.15, 0.2) is 23.8 Å². The third-order valence-corrected chi connectivity index (χ3v) is 3.89. The lowest BCUT2D eigenvalue weighted by Gasteiger charge is -2.14. The molecule has 0 N–H and O–H groups in total. The monoisotopic (exact) mass is 198 g/mol. The summed E-state index contributed by atoms with van der Waals surface area (Å²) in [5, 5.41) is 0. The van der Waals surface area contributed by atoms with Gasteiger partial charge in [0.1, 0.15) is 0 Å². The van der Waals surface area contributed by atoms with Gasteiger partial charge in [0, 0.05) is 0 Å². The SMILES string of the molecule is CCc1ccc2c(c1)C1=C(CCCC1)C2. The van der Waals surface area contributed by atoms with Crippen molar-refractivity contribution in [3.8, 4) is 0 Å². The van der Waals surface area contributed by atoms with Crippen molar-refractivity contribution in [1.29, 1.82) is 0 Å². The van der Waals surface area contributed by atoms with Gasteiger partial charge in [-0.25, -0.2) is 0 Å². The van der Waals surface area contributed by atoms with Crippen molar-refractivity contribution in [1.82, 2.24) is 0 Å². The highest BCUT2D eigenvalue weighted by Gasteiger charge is 2.23. The van der Waals surface area contributed by atoms with Crippen molar-refractivity contribution in [2.45, 2.75) is 45.4 Å². The third kappa shape index (κ3) is 1.43. The Morgan fingerprint density at radius 1 is 1.13 bits per heavy atom. The van der Waals surface area contributed by atoms with Gasteiger partial charge >= 0.3 is 0 Å². The zero-order valence-electron chi connectivity index (χ0n) is 9.47. The minimum absolute atomic E-state index is 1.16. The van der Waals surface area contributed by atoms with Gasteiger partial charge in [-0.2, -0.15) is 0 Å². The highest BCUT2D eigenvalue weighted by Crippen LogP contribution is 2.41. The first-order valence-electron chi connectivity index (χ1n) is 6.21. The van der Waals surface area contributed by atoms with Gasteiger partial charge in [-0.05, 0) is 60.8 Å². The van der Waals surface area contributed by atoms with Crippen molar-refractivity contribution >= 4 is 5.57 Å². The molecular weight excluding hydrogens is 180 g/mol. The molecule has 1 aromatic carbocycles. The van der Waals surface area contributed by atoms with E-state index in [4.69, 9.17) is 0 Å². The highest BCUT2D eigenvalue weighted by molar-refractivity contribution is 5.77. The lowest BCUT2D eigenvalue weighted by Crippen LogP contribution is -1.94. The van der Waals surface area contributed by atoms with E-state index in [9.17, 15) is 0 Å². The largest absolute Gasteiger partial charge is 0.0620 e. The smallest absolute Gasteiger partial charge is 0.00550 e. The maximum absolute atomic E-state index is 2.43. The van der Waals surface area contributed by atoms with Crippen molar-refractivity contribution in [3.05, 3.63) is 40.5 Å². The molecule has 0 bridgehead atoms. The maximum atomic E-state index is 2.43. The van der Waals surface area contributed by atoms with Gasteiger partial charge in [0.2, 0.25) is 0 Å². The summed E-state index contributed by atoms with van der Waals surface area (Å²) in [5.41, 5.74) is 8.10. The number of benzene rings is 1. The average molecular weight is 198 g/mol. The Labute approximate surface area is 92.0 Å². The molecule has 15 heavy (non-hydrogen) atoms. The van der Waals surface area contributed by atoms with Crippen molar-refractivity contribution in [2.24, 2.45) is 0 Å². The van der Waals surface area contributed by atoms with E-state index in [2.05, 4.69) is 25.1 Å². The molecule has 2 aliphatic rings. The number of hydrogen-bond acceptors (Lipinski definition) is 0. The van der Waals surface area contributed by atoms with Crippen LogP contribution in [0.4, 0.5) is 0 Å². The van der Waals surface area contributed by atoms with Gasteiger partial charge in [0.15, 0.2) is 0 Å². The molecule has 0 radical (unpaired) electrons. The Balaban J connectivity index is 2.07.